The van der Waals surface area contributed by atoms with Gasteiger partial charge in [0.1, 0.15) is 0 Å². The number of anilines is 1. The van der Waals surface area contributed by atoms with Gasteiger partial charge in [-0.3, -0.25) is 9.59 Å². The molecule has 0 radical (unpaired) electrons. The fraction of sp³-hybridized carbons (Fsp3) is 0.375. The first kappa shape index (κ1) is 23.5. The van der Waals surface area contributed by atoms with E-state index in [2.05, 4.69) is 36.6 Å². The Bertz CT molecular complexity index is 874. The molecular weight excluding hydrogens is 394 g/mol. The quantitative estimate of drug-likeness (QED) is 0.655. The van der Waals surface area contributed by atoms with Gasteiger partial charge < -0.3 is 15.5 Å². The largest absolute Gasteiger partial charge is 0.349 e. The Kier molecular flexibility index (Phi) is 8.54. The van der Waals surface area contributed by atoms with E-state index < -0.39 is 0 Å². The number of nitrogens with zero attached hydrogens (tertiary/aromatic N) is 1. The van der Waals surface area contributed by atoms with Crippen molar-refractivity contribution in [3.63, 3.8) is 0 Å². The number of carbonyl (C=O) groups is 2. The van der Waals surface area contributed by atoms with Gasteiger partial charge in [-0.25, -0.2) is 0 Å². The predicted octanol–water partition coefficient (Wildman–Crippen LogP) is 4.13. The van der Waals surface area contributed by atoms with Crippen molar-refractivity contribution in [3.8, 4) is 0 Å². The Balaban J connectivity index is 1.89. The van der Waals surface area contributed by atoms with E-state index in [-0.39, 0.29) is 22.8 Å². The number of hydrogen-bond acceptors (Lipinski definition) is 3. The summed E-state index contributed by atoms with van der Waals surface area (Å²) in [5.74, 6) is 0.182. The summed E-state index contributed by atoms with van der Waals surface area (Å²) in [5, 5.41) is 6.02. The van der Waals surface area contributed by atoms with Gasteiger partial charge in [0.25, 0.3) is 0 Å². The van der Waals surface area contributed by atoms with Crippen LogP contribution in [-0.4, -0.2) is 35.9 Å². The highest BCUT2D eigenvalue weighted by Crippen LogP contribution is 2.18. The van der Waals surface area contributed by atoms with Crippen LogP contribution in [0.2, 0.25) is 0 Å². The fourth-order valence-corrected chi connectivity index (χ4v) is 3.20. The molecule has 5 nitrogen and oxygen atoms in total. The third kappa shape index (κ3) is 7.26. The minimum absolute atomic E-state index is 0.0460. The molecule has 1 unspecified atom stereocenters. The number of carbonyl (C=O) groups excluding carboxylic acids is 2. The van der Waals surface area contributed by atoms with Crippen molar-refractivity contribution in [3.05, 3.63) is 65.2 Å². The Morgan fingerprint density at radius 1 is 0.933 bits per heavy atom. The first-order valence-corrected chi connectivity index (χ1v) is 10.6. The van der Waals surface area contributed by atoms with Gasteiger partial charge in [0, 0.05) is 19.8 Å². The third-order valence-electron chi connectivity index (χ3n) is 4.82. The predicted molar refractivity (Wildman–Crippen MR) is 127 cm³/mol. The maximum atomic E-state index is 12.6. The standard InChI is InChI=1S/C24H31N3O2S/c1-16(2)14-18-6-10-20(11-7-18)17(3)23(29)26-24(30)25-21-12-8-19(9-13-21)15-22(28)27(4)5/h6-13,16-17H,14-15H2,1-5H3,(H2,25,26,29,30). The van der Waals surface area contributed by atoms with Gasteiger partial charge >= 0.3 is 0 Å². The van der Waals surface area contributed by atoms with Crippen molar-refractivity contribution in [2.24, 2.45) is 5.92 Å². The Morgan fingerprint density at radius 2 is 1.50 bits per heavy atom. The lowest BCUT2D eigenvalue weighted by Crippen LogP contribution is -2.36. The first-order valence-electron chi connectivity index (χ1n) is 10.2. The second kappa shape index (κ2) is 10.9. The minimum atomic E-state index is -0.308. The summed E-state index contributed by atoms with van der Waals surface area (Å²) < 4.78 is 0. The summed E-state index contributed by atoms with van der Waals surface area (Å²) in [4.78, 5) is 25.9. The number of likely N-dealkylation sites (N-methyl/N-ethyl adjacent to an activating group) is 1. The van der Waals surface area contributed by atoms with Gasteiger partial charge in [0.05, 0.1) is 12.3 Å². The normalized spacial score (nSPS) is 11.7. The molecule has 0 spiro atoms. The molecule has 0 aromatic heterocycles. The Morgan fingerprint density at radius 3 is 2.03 bits per heavy atom. The highest BCUT2D eigenvalue weighted by atomic mass is 32.1. The molecule has 160 valence electrons. The van der Waals surface area contributed by atoms with Gasteiger partial charge in [-0.15, -0.1) is 0 Å². The van der Waals surface area contributed by atoms with Crippen molar-refractivity contribution >= 4 is 34.8 Å². The van der Waals surface area contributed by atoms with Crippen LogP contribution in [0, 0.1) is 5.92 Å². The number of amides is 2. The molecular formula is C24H31N3O2S. The average molecular weight is 426 g/mol. The third-order valence-corrected chi connectivity index (χ3v) is 5.02. The zero-order valence-corrected chi connectivity index (χ0v) is 19.2. The smallest absolute Gasteiger partial charge is 0.233 e. The molecule has 0 fully saturated rings. The summed E-state index contributed by atoms with van der Waals surface area (Å²) in [7, 11) is 3.47. The van der Waals surface area contributed by atoms with Crippen LogP contribution >= 0.6 is 12.2 Å². The van der Waals surface area contributed by atoms with Crippen molar-refractivity contribution in [2.75, 3.05) is 19.4 Å². The molecule has 0 aliphatic heterocycles. The lowest BCUT2D eigenvalue weighted by atomic mass is 9.96. The summed E-state index contributed by atoms with van der Waals surface area (Å²) in [6.45, 7) is 6.25. The number of rotatable bonds is 7. The lowest BCUT2D eigenvalue weighted by molar-refractivity contribution is -0.128. The highest BCUT2D eigenvalue weighted by molar-refractivity contribution is 7.80. The average Bonchev–Trinajstić information content (AvgIpc) is 2.68. The van der Waals surface area contributed by atoms with E-state index in [0.29, 0.717) is 12.3 Å². The molecule has 0 aliphatic rings. The Labute approximate surface area is 184 Å². The molecule has 2 amide bonds. The number of hydrogen-bond donors (Lipinski definition) is 2. The molecule has 2 aromatic carbocycles. The van der Waals surface area contributed by atoms with E-state index in [1.165, 1.54) is 5.56 Å². The van der Waals surface area contributed by atoms with Crippen molar-refractivity contribution < 1.29 is 9.59 Å². The second-order valence-electron chi connectivity index (χ2n) is 8.17. The molecule has 0 aliphatic carbocycles. The van der Waals surface area contributed by atoms with Crippen LogP contribution in [-0.2, 0) is 22.4 Å². The van der Waals surface area contributed by atoms with Crippen LogP contribution in [0.25, 0.3) is 0 Å². The maximum Gasteiger partial charge on any atom is 0.233 e. The van der Waals surface area contributed by atoms with E-state index in [1.807, 2.05) is 43.3 Å². The zero-order chi connectivity index (χ0) is 22.3. The van der Waals surface area contributed by atoms with E-state index in [1.54, 1.807) is 19.0 Å². The fourth-order valence-electron chi connectivity index (χ4n) is 2.99. The maximum absolute atomic E-state index is 12.6. The number of nitrogens with one attached hydrogen (secondary N) is 2. The number of benzene rings is 2. The van der Waals surface area contributed by atoms with Crippen molar-refractivity contribution in [1.82, 2.24) is 10.2 Å². The highest BCUT2D eigenvalue weighted by Gasteiger charge is 2.16. The molecule has 6 heteroatoms. The molecule has 0 bridgehead atoms. The van der Waals surface area contributed by atoms with Crippen LogP contribution in [0.15, 0.2) is 48.5 Å². The summed E-state index contributed by atoms with van der Waals surface area (Å²) in [5.41, 5.74) is 3.91. The van der Waals surface area contributed by atoms with E-state index >= 15 is 0 Å². The van der Waals surface area contributed by atoms with Gasteiger partial charge in [-0.2, -0.15) is 0 Å². The van der Waals surface area contributed by atoms with Crippen LogP contribution in [0.5, 0.6) is 0 Å². The lowest BCUT2D eigenvalue weighted by Gasteiger charge is -2.15. The van der Waals surface area contributed by atoms with Gasteiger partial charge in [-0.1, -0.05) is 50.2 Å². The SMILES string of the molecule is CC(C)Cc1ccc(C(C)C(=O)NC(=S)Nc2ccc(CC(=O)N(C)C)cc2)cc1. The first-order chi connectivity index (χ1) is 14.2. The molecule has 0 saturated heterocycles. The molecule has 30 heavy (non-hydrogen) atoms. The zero-order valence-electron chi connectivity index (χ0n) is 18.4. The summed E-state index contributed by atoms with van der Waals surface area (Å²) in [6.07, 6.45) is 1.37. The second-order valence-corrected chi connectivity index (χ2v) is 8.57. The molecule has 0 saturated carbocycles. The van der Waals surface area contributed by atoms with Crippen molar-refractivity contribution in [1.29, 1.82) is 0 Å². The Hall–Kier alpha value is -2.73. The van der Waals surface area contributed by atoms with Crippen LogP contribution in [0.1, 0.15) is 43.4 Å². The molecule has 1 atom stereocenters. The van der Waals surface area contributed by atoms with Gasteiger partial charge in [0.15, 0.2) is 5.11 Å². The monoisotopic (exact) mass is 425 g/mol. The molecule has 2 N–H and O–H groups in total. The minimum Gasteiger partial charge on any atom is -0.349 e. The van der Waals surface area contributed by atoms with E-state index in [0.717, 1.165) is 23.2 Å². The van der Waals surface area contributed by atoms with Crippen LogP contribution in [0.3, 0.4) is 0 Å². The molecule has 2 aromatic rings. The van der Waals surface area contributed by atoms with Crippen LogP contribution in [0.4, 0.5) is 5.69 Å². The van der Waals surface area contributed by atoms with E-state index in [9.17, 15) is 9.59 Å². The van der Waals surface area contributed by atoms with E-state index in [4.69, 9.17) is 12.2 Å². The topological polar surface area (TPSA) is 61.4 Å². The number of thiocarbonyl (C=S) groups is 1. The summed E-state index contributed by atoms with van der Waals surface area (Å²) in [6, 6.07) is 15.6. The molecule has 2 rings (SSSR count). The van der Waals surface area contributed by atoms with Crippen LogP contribution < -0.4 is 10.6 Å². The molecule has 0 heterocycles. The van der Waals surface area contributed by atoms with Gasteiger partial charge in [-0.05, 0) is 60.3 Å². The summed E-state index contributed by atoms with van der Waals surface area (Å²) >= 11 is 5.28. The van der Waals surface area contributed by atoms with Crippen molar-refractivity contribution in [2.45, 2.75) is 39.5 Å². The van der Waals surface area contributed by atoms with Gasteiger partial charge in [0.2, 0.25) is 11.8 Å².